The predicted molar refractivity (Wildman–Crippen MR) is 78.5 cm³/mol. The maximum Gasteiger partial charge on any atom is 0.300 e. The summed E-state index contributed by atoms with van der Waals surface area (Å²) in [6.07, 6.45) is 1.75. The van der Waals surface area contributed by atoms with Gasteiger partial charge in [0.15, 0.2) is 0 Å². The van der Waals surface area contributed by atoms with Crippen molar-refractivity contribution in [1.29, 1.82) is 0 Å². The number of nitrogens with zero attached hydrogens (tertiary/aromatic N) is 2. The summed E-state index contributed by atoms with van der Waals surface area (Å²) in [7, 11) is 1.53. The highest BCUT2D eigenvalue weighted by molar-refractivity contribution is 5.98. The third-order valence-corrected chi connectivity index (χ3v) is 2.88. The lowest BCUT2D eigenvalue weighted by atomic mass is 10.1. The van der Waals surface area contributed by atoms with E-state index in [1.807, 2.05) is 13.8 Å². The minimum Gasteiger partial charge on any atom is -0.383 e. The Morgan fingerprint density at radius 1 is 1.52 bits per heavy atom. The molecule has 0 aromatic carbocycles. The molecule has 0 fully saturated rings. The SMILES string of the molecule is CCNc1cc(C(=O)NC(CC)COC)c([N+](=O)[O-])cn1. The molecule has 1 aromatic heterocycles. The van der Waals surface area contributed by atoms with Crippen molar-refractivity contribution in [2.24, 2.45) is 0 Å². The van der Waals surface area contributed by atoms with Crippen LogP contribution < -0.4 is 10.6 Å². The van der Waals surface area contributed by atoms with E-state index >= 15 is 0 Å². The van der Waals surface area contributed by atoms with Crippen LogP contribution in [-0.4, -0.2) is 42.1 Å². The van der Waals surface area contributed by atoms with E-state index in [0.29, 0.717) is 25.4 Å². The van der Waals surface area contributed by atoms with Crippen LogP contribution in [0.25, 0.3) is 0 Å². The summed E-state index contributed by atoms with van der Waals surface area (Å²) in [5, 5.41) is 16.7. The molecule has 21 heavy (non-hydrogen) atoms. The van der Waals surface area contributed by atoms with Crippen molar-refractivity contribution in [2.75, 3.05) is 25.6 Å². The number of carbonyl (C=O) groups excluding carboxylic acids is 1. The molecule has 1 atom stereocenters. The quantitative estimate of drug-likeness (QED) is 0.557. The molecule has 116 valence electrons. The van der Waals surface area contributed by atoms with Crippen LogP contribution in [0.5, 0.6) is 0 Å². The summed E-state index contributed by atoms with van der Waals surface area (Å²) in [5.41, 5.74) is -0.332. The standard InChI is InChI=1S/C13H20N4O4/c1-4-9(8-21-3)16-13(18)10-6-12(14-5-2)15-7-11(10)17(19)20/h6-7,9H,4-5,8H2,1-3H3,(H,14,15)(H,16,18). The van der Waals surface area contributed by atoms with E-state index < -0.39 is 10.8 Å². The van der Waals surface area contributed by atoms with Gasteiger partial charge in [-0.2, -0.15) is 0 Å². The van der Waals surface area contributed by atoms with Crippen LogP contribution in [0.3, 0.4) is 0 Å². The molecule has 8 heteroatoms. The molecule has 0 aliphatic carbocycles. The summed E-state index contributed by atoms with van der Waals surface area (Å²) in [6.45, 7) is 4.72. The lowest BCUT2D eigenvalue weighted by Gasteiger charge is -2.16. The smallest absolute Gasteiger partial charge is 0.300 e. The molecular weight excluding hydrogens is 276 g/mol. The van der Waals surface area contributed by atoms with Gasteiger partial charge in [0.1, 0.15) is 17.6 Å². The van der Waals surface area contributed by atoms with E-state index in [4.69, 9.17) is 4.74 Å². The van der Waals surface area contributed by atoms with Crippen molar-refractivity contribution in [3.05, 3.63) is 27.9 Å². The summed E-state index contributed by atoms with van der Waals surface area (Å²) in [6, 6.07) is 1.19. The Bertz CT molecular complexity index is 507. The zero-order chi connectivity index (χ0) is 15.8. The van der Waals surface area contributed by atoms with E-state index in [1.54, 1.807) is 0 Å². The van der Waals surface area contributed by atoms with Gasteiger partial charge in [-0.25, -0.2) is 4.98 Å². The van der Waals surface area contributed by atoms with Crippen molar-refractivity contribution in [1.82, 2.24) is 10.3 Å². The predicted octanol–water partition coefficient (Wildman–Crippen LogP) is 1.58. The Balaban J connectivity index is 3.04. The van der Waals surface area contributed by atoms with Crippen LogP contribution in [0.15, 0.2) is 12.3 Å². The fourth-order valence-corrected chi connectivity index (χ4v) is 1.78. The highest BCUT2D eigenvalue weighted by atomic mass is 16.6. The molecule has 1 aromatic rings. The van der Waals surface area contributed by atoms with Crippen molar-refractivity contribution in [3.8, 4) is 0 Å². The first kappa shape index (κ1) is 16.8. The monoisotopic (exact) mass is 296 g/mol. The number of rotatable bonds is 8. The number of hydrogen-bond acceptors (Lipinski definition) is 6. The molecule has 1 rings (SSSR count). The minimum absolute atomic E-state index is 0.0134. The molecule has 0 bridgehead atoms. The number of hydrogen-bond donors (Lipinski definition) is 2. The molecule has 0 aliphatic heterocycles. The number of anilines is 1. The second-order valence-electron chi connectivity index (χ2n) is 4.41. The van der Waals surface area contributed by atoms with Crippen LogP contribution in [0.1, 0.15) is 30.6 Å². The van der Waals surface area contributed by atoms with Gasteiger partial charge < -0.3 is 15.4 Å². The van der Waals surface area contributed by atoms with Gasteiger partial charge in [-0.3, -0.25) is 14.9 Å². The Labute approximate surface area is 123 Å². The second-order valence-corrected chi connectivity index (χ2v) is 4.41. The summed E-state index contributed by atoms with van der Waals surface area (Å²) < 4.78 is 5.00. The Morgan fingerprint density at radius 2 is 2.24 bits per heavy atom. The molecule has 0 aliphatic rings. The lowest BCUT2D eigenvalue weighted by Crippen LogP contribution is -2.37. The first-order valence-electron chi connectivity index (χ1n) is 6.71. The topological polar surface area (TPSA) is 106 Å². The third kappa shape index (κ3) is 4.67. The molecule has 0 saturated heterocycles. The van der Waals surface area contributed by atoms with Gasteiger partial charge in [-0.1, -0.05) is 6.92 Å². The van der Waals surface area contributed by atoms with Crippen molar-refractivity contribution < 1.29 is 14.5 Å². The van der Waals surface area contributed by atoms with Gasteiger partial charge >= 0.3 is 0 Å². The van der Waals surface area contributed by atoms with Gasteiger partial charge in [0, 0.05) is 19.7 Å². The lowest BCUT2D eigenvalue weighted by molar-refractivity contribution is -0.385. The third-order valence-electron chi connectivity index (χ3n) is 2.88. The summed E-state index contributed by atoms with van der Waals surface area (Å²) in [5.74, 6) is -0.0832. The fourth-order valence-electron chi connectivity index (χ4n) is 1.78. The molecule has 0 radical (unpaired) electrons. The average Bonchev–Trinajstić information content (AvgIpc) is 2.46. The molecule has 8 nitrogen and oxygen atoms in total. The maximum atomic E-state index is 12.2. The average molecular weight is 296 g/mol. The number of methoxy groups -OCH3 is 1. The van der Waals surface area contributed by atoms with E-state index in [9.17, 15) is 14.9 Å². The summed E-state index contributed by atoms with van der Waals surface area (Å²) >= 11 is 0. The van der Waals surface area contributed by atoms with Crippen molar-refractivity contribution >= 4 is 17.4 Å². The number of nitrogens with one attached hydrogen (secondary N) is 2. The zero-order valence-corrected chi connectivity index (χ0v) is 12.4. The number of amides is 1. The Morgan fingerprint density at radius 3 is 2.76 bits per heavy atom. The number of ether oxygens (including phenoxy) is 1. The normalized spacial score (nSPS) is 11.8. The van der Waals surface area contributed by atoms with Crippen LogP contribution >= 0.6 is 0 Å². The Hall–Kier alpha value is -2.22. The first-order valence-corrected chi connectivity index (χ1v) is 6.71. The molecule has 1 unspecified atom stereocenters. The van der Waals surface area contributed by atoms with Crippen molar-refractivity contribution in [3.63, 3.8) is 0 Å². The number of carbonyl (C=O) groups is 1. The highest BCUT2D eigenvalue weighted by Crippen LogP contribution is 2.20. The van der Waals surface area contributed by atoms with Gasteiger partial charge in [0.05, 0.1) is 17.6 Å². The fraction of sp³-hybridized carbons (Fsp3) is 0.538. The molecule has 2 N–H and O–H groups in total. The molecule has 0 saturated carbocycles. The molecule has 1 amide bonds. The van der Waals surface area contributed by atoms with Crippen LogP contribution in [0, 0.1) is 10.1 Å². The highest BCUT2D eigenvalue weighted by Gasteiger charge is 2.23. The van der Waals surface area contributed by atoms with Crippen LogP contribution in [-0.2, 0) is 4.74 Å². The maximum absolute atomic E-state index is 12.2. The number of aromatic nitrogens is 1. The molecule has 0 spiro atoms. The largest absolute Gasteiger partial charge is 0.383 e. The van der Waals surface area contributed by atoms with Crippen LogP contribution in [0.4, 0.5) is 11.5 Å². The van der Waals surface area contributed by atoms with Gasteiger partial charge in [-0.15, -0.1) is 0 Å². The van der Waals surface area contributed by atoms with Gasteiger partial charge in [0.2, 0.25) is 0 Å². The number of pyridine rings is 1. The zero-order valence-electron chi connectivity index (χ0n) is 12.4. The van der Waals surface area contributed by atoms with E-state index in [2.05, 4.69) is 15.6 Å². The van der Waals surface area contributed by atoms with E-state index in [0.717, 1.165) is 6.20 Å². The first-order chi connectivity index (χ1) is 10.0. The number of nitro groups is 1. The van der Waals surface area contributed by atoms with Crippen molar-refractivity contribution in [2.45, 2.75) is 26.3 Å². The minimum atomic E-state index is -0.616. The molecule has 1 heterocycles. The van der Waals surface area contributed by atoms with Gasteiger partial charge in [0.25, 0.3) is 11.6 Å². The summed E-state index contributed by atoms with van der Waals surface area (Å²) in [4.78, 5) is 26.6. The van der Waals surface area contributed by atoms with Gasteiger partial charge in [-0.05, 0) is 13.3 Å². The van der Waals surface area contributed by atoms with E-state index in [-0.39, 0.29) is 17.3 Å². The second kappa shape index (κ2) is 8.15. The van der Waals surface area contributed by atoms with E-state index in [1.165, 1.54) is 13.2 Å². The van der Waals surface area contributed by atoms with Crippen LogP contribution in [0.2, 0.25) is 0 Å². The Kier molecular flexibility index (Phi) is 6.54. The molecular formula is C13H20N4O4.